The highest BCUT2D eigenvalue weighted by Gasteiger charge is 2.31. The number of methoxy groups -OCH3 is 6. The number of fused-ring (bicyclic) bond motifs is 1. The van der Waals surface area contributed by atoms with Crippen LogP contribution in [0.15, 0.2) is 48.7 Å². The first kappa shape index (κ1) is 36.9. The summed E-state index contributed by atoms with van der Waals surface area (Å²) in [4.78, 5) is 36.9. The summed E-state index contributed by atoms with van der Waals surface area (Å²) in [5.74, 6) is 1.15. The number of aldehydes is 1. The molecular formula is C37H40N2O11. The smallest absolute Gasteiger partial charge is 0.328 e. The van der Waals surface area contributed by atoms with E-state index in [0.717, 1.165) is 0 Å². The van der Waals surface area contributed by atoms with Crippen LogP contribution in [0.25, 0.3) is 22.9 Å². The Kier molecular flexibility index (Phi) is 12.1. The molecule has 0 saturated heterocycles. The molecule has 0 amide bonds. The second-order valence-electron chi connectivity index (χ2n) is 11.0. The molecule has 1 atom stereocenters. The van der Waals surface area contributed by atoms with Crippen molar-refractivity contribution in [3.63, 3.8) is 0 Å². The molecule has 0 fully saturated rings. The van der Waals surface area contributed by atoms with E-state index in [2.05, 4.69) is 5.32 Å². The van der Waals surface area contributed by atoms with E-state index in [0.29, 0.717) is 69.1 Å². The molecular weight excluding hydrogens is 648 g/mol. The Morgan fingerprint density at radius 3 is 1.98 bits per heavy atom. The minimum Gasteiger partial charge on any atom is -0.496 e. The monoisotopic (exact) mass is 688 g/mol. The molecule has 264 valence electrons. The summed E-state index contributed by atoms with van der Waals surface area (Å²) in [6.07, 6.45) is 5.37. The molecule has 0 saturated carbocycles. The molecule has 3 aromatic carbocycles. The maximum atomic E-state index is 13.2. The first-order chi connectivity index (χ1) is 24.1. The number of hydrogen-bond acceptors (Lipinski definition) is 13. The standard InChI is InChI=1S/C37H40N2O11/c1-20(2)33(38)37(42)50-35-23-11-13-39-34(25(23)17-31(47-7)36(35)48-8)32(21-9-10-26(49-19-41)28(15-21)44-4)22(12-14-40)24-16-29(45-5)30(46-6)18-27(24)43-3/h9-20,33,39H,38H2,1-8H3/b22-12+,34-32-. The molecule has 3 aromatic rings. The van der Waals surface area contributed by atoms with Crippen molar-refractivity contribution in [2.75, 3.05) is 42.7 Å². The highest BCUT2D eigenvalue weighted by atomic mass is 16.6. The lowest BCUT2D eigenvalue weighted by molar-refractivity contribution is -0.137. The third-order valence-corrected chi connectivity index (χ3v) is 7.98. The summed E-state index contributed by atoms with van der Waals surface area (Å²) in [6.45, 7) is 3.91. The van der Waals surface area contributed by atoms with Gasteiger partial charge in [0.05, 0.1) is 48.4 Å². The van der Waals surface area contributed by atoms with Crippen LogP contribution < -0.4 is 48.9 Å². The zero-order valence-electron chi connectivity index (χ0n) is 29.1. The summed E-state index contributed by atoms with van der Waals surface area (Å²) in [5, 5.41) is 3.31. The maximum Gasteiger partial charge on any atom is 0.328 e. The topological polar surface area (TPSA) is 163 Å². The molecule has 13 nitrogen and oxygen atoms in total. The molecule has 0 bridgehead atoms. The van der Waals surface area contributed by atoms with E-state index in [1.54, 1.807) is 48.7 Å². The fourth-order valence-corrected chi connectivity index (χ4v) is 5.41. The molecule has 0 spiro atoms. The predicted molar refractivity (Wildman–Crippen MR) is 187 cm³/mol. The van der Waals surface area contributed by atoms with Crippen molar-refractivity contribution in [3.05, 3.63) is 70.9 Å². The molecule has 1 aliphatic heterocycles. The zero-order chi connectivity index (χ0) is 36.5. The maximum absolute atomic E-state index is 13.2. The van der Waals surface area contributed by atoms with Gasteiger partial charge in [0.25, 0.3) is 6.47 Å². The van der Waals surface area contributed by atoms with Crippen LogP contribution in [-0.4, -0.2) is 67.4 Å². The molecule has 1 aliphatic rings. The Balaban J connectivity index is 2.19. The molecule has 1 heterocycles. The van der Waals surface area contributed by atoms with Crippen molar-refractivity contribution in [1.29, 1.82) is 0 Å². The van der Waals surface area contributed by atoms with Gasteiger partial charge in [-0.3, -0.25) is 9.59 Å². The molecule has 0 aliphatic carbocycles. The number of nitrogens with two attached hydrogens (primary N) is 1. The first-order valence-corrected chi connectivity index (χ1v) is 15.3. The van der Waals surface area contributed by atoms with Crippen molar-refractivity contribution in [1.82, 2.24) is 5.32 Å². The van der Waals surface area contributed by atoms with Crippen molar-refractivity contribution in [2.45, 2.75) is 19.9 Å². The van der Waals surface area contributed by atoms with E-state index in [4.69, 9.17) is 43.6 Å². The number of ether oxygens (including phenoxy) is 8. The van der Waals surface area contributed by atoms with Crippen LogP contribution in [0.4, 0.5) is 0 Å². The molecule has 0 radical (unpaired) electrons. The van der Waals surface area contributed by atoms with Gasteiger partial charge in [0.2, 0.25) is 5.75 Å². The average Bonchev–Trinajstić information content (AvgIpc) is 3.13. The summed E-state index contributed by atoms with van der Waals surface area (Å²) in [6, 6.07) is 9.02. The van der Waals surface area contributed by atoms with Crippen molar-refractivity contribution >= 4 is 41.6 Å². The average molecular weight is 689 g/mol. The largest absolute Gasteiger partial charge is 0.496 e. The number of carbonyl (C=O) groups excluding carboxylic acids is 3. The first-order valence-electron chi connectivity index (χ1n) is 15.3. The van der Waals surface area contributed by atoms with Gasteiger partial charge in [-0.25, -0.2) is 4.79 Å². The Hall–Kier alpha value is -5.95. The molecule has 3 N–H and O–H groups in total. The van der Waals surface area contributed by atoms with Crippen molar-refractivity contribution in [2.24, 2.45) is 11.7 Å². The summed E-state index contributed by atoms with van der Waals surface area (Å²) in [7, 11) is 8.79. The van der Waals surface area contributed by atoms with E-state index >= 15 is 0 Å². The molecule has 1 unspecified atom stereocenters. The van der Waals surface area contributed by atoms with E-state index in [1.807, 2.05) is 13.8 Å². The van der Waals surface area contributed by atoms with Crippen LogP contribution in [0, 0.1) is 5.92 Å². The van der Waals surface area contributed by atoms with Gasteiger partial charge in [0, 0.05) is 34.5 Å². The van der Waals surface area contributed by atoms with Crippen LogP contribution in [0.3, 0.4) is 0 Å². The Morgan fingerprint density at radius 2 is 1.40 bits per heavy atom. The number of benzene rings is 3. The van der Waals surface area contributed by atoms with Gasteiger partial charge >= 0.3 is 5.97 Å². The number of esters is 1. The Labute approximate surface area is 290 Å². The highest BCUT2D eigenvalue weighted by Crippen LogP contribution is 2.50. The number of allylic oxidation sites excluding steroid dienone is 3. The summed E-state index contributed by atoms with van der Waals surface area (Å²) >= 11 is 0. The van der Waals surface area contributed by atoms with Crippen LogP contribution in [-0.2, 0) is 14.4 Å². The van der Waals surface area contributed by atoms with Gasteiger partial charge in [-0.15, -0.1) is 0 Å². The number of nitrogens with one attached hydrogen (secondary N) is 1. The lowest BCUT2D eigenvalue weighted by Gasteiger charge is -2.27. The Bertz CT molecular complexity index is 1860. The normalized spacial score (nSPS) is 13.7. The van der Waals surface area contributed by atoms with Crippen molar-refractivity contribution in [3.8, 4) is 46.0 Å². The molecule has 4 rings (SSSR count). The fraction of sp³-hybridized carbons (Fsp3) is 0.270. The highest BCUT2D eigenvalue weighted by molar-refractivity contribution is 6.18. The van der Waals surface area contributed by atoms with Crippen LogP contribution in [0.1, 0.15) is 36.1 Å². The zero-order valence-corrected chi connectivity index (χ0v) is 29.1. The fourth-order valence-electron chi connectivity index (χ4n) is 5.41. The van der Waals surface area contributed by atoms with E-state index in [1.165, 1.54) is 48.7 Å². The van der Waals surface area contributed by atoms with Gasteiger partial charge in [-0.2, -0.15) is 0 Å². The van der Waals surface area contributed by atoms with E-state index < -0.39 is 12.0 Å². The van der Waals surface area contributed by atoms with Crippen LogP contribution in [0.2, 0.25) is 0 Å². The summed E-state index contributed by atoms with van der Waals surface area (Å²) in [5.41, 5.74) is 9.38. The quantitative estimate of drug-likeness (QED) is 0.0962. The third-order valence-electron chi connectivity index (χ3n) is 7.98. The minimum absolute atomic E-state index is 0.0782. The molecule has 0 aromatic heterocycles. The number of hydrogen-bond donors (Lipinski definition) is 2. The van der Waals surface area contributed by atoms with Gasteiger partial charge in [0.15, 0.2) is 34.5 Å². The molecule has 13 heteroatoms. The lowest BCUT2D eigenvalue weighted by Crippen LogP contribution is -2.38. The van der Waals surface area contributed by atoms with Crippen LogP contribution >= 0.6 is 0 Å². The SMILES string of the molecule is COc1cc(OC)c(C(=C\C=O)/C(=C2\NC=Cc3c2cc(OC)c(OC)c3OC(=O)C(N)C(C)C)c2ccc(OC=O)c(OC)c2)cc1OC. The van der Waals surface area contributed by atoms with Gasteiger partial charge in [0.1, 0.15) is 18.1 Å². The number of carbonyl (C=O) groups is 3. The van der Waals surface area contributed by atoms with Crippen LogP contribution in [0.5, 0.6) is 46.0 Å². The second kappa shape index (κ2) is 16.4. The minimum atomic E-state index is -0.919. The van der Waals surface area contributed by atoms with Gasteiger partial charge < -0.3 is 48.9 Å². The second-order valence-corrected chi connectivity index (χ2v) is 11.0. The predicted octanol–water partition coefficient (Wildman–Crippen LogP) is 4.89. The molecule has 50 heavy (non-hydrogen) atoms. The van der Waals surface area contributed by atoms with Gasteiger partial charge in [-0.1, -0.05) is 19.9 Å². The van der Waals surface area contributed by atoms with E-state index in [9.17, 15) is 14.4 Å². The van der Waals surface area contributed by atoms with Gasteiger partial charge in [-0.05, 0) is 53.5 Å². The van der Waals surface area contributed by atoms with Crippen molar-refractivity contribution < 1.29 is 52.3 Å². The van der Waals surface area contributed by atoms with E-state index in [-0.39, 0.29) is 34.7 Å². The third kappa shape index (κ3) is 7.22. The Morgan fingerprint density at radius 1 is 0.760 bits per heavy atom. The number of rotatable bonds is 15. The summed E-state index contributed by atoms with van der Waals surface area (Å²) < 4.78 is 45.0. The lowest BCUT2D eigenvalue weighted by atomic mass is 9.85.